The molecule has 0 spiro atoms. The lowest BCUT2D eigenvalue weighted by Crippen LogP contribution is -2.31. The predicted molar refractivity (Wildman–Crippen MR) is 70.5 cm³/mol. The molecule has 0 saturated heterocycles. The largest absolute Gasteiger partial charge is 0.307 e. The molecule has 1 rings (SSSR count). The summed E-state index contributed by atoms with van der Waals surface area (Å²) in [4.78, 5) is 0. The first-order valence-corrected chi connectivity index (χ1v) is 6.97. The SMILES string of the molecule is CCC(NC(C)CSC)c1ccccc1. The molecule has 1 N–H and O–H groups in total. The molecule has 0 aliphatic rings. The van der Waals surface area contributed by atoms with Crippen molar-refractivity contribution in [2.75, 3.05) is 12.0 Å². The first-order chi connectivity index (χ1) is 7.27. The van der Waals surface area contributed by atoms with Gasteiger partial charge in [0.25, 0.3) is 0 Å². The smallest absolute Gasteiger partial charge is 0.0320 e. The summed E-state index contributed by atoms with van der Waals surface area (Å²) < 4.78 is 0. The highest BCUT2D eigenvalue weighted by atomic mass is 32.2. The summed E-state index contributed by atoms with van der Waals surface area (Å²) in [5.74, 6) is 1.17. The maximum absolute atomic E-state index is 3.66. The Kier molecular flexibility index (Phi) is 5.81. The molecule has 2 atom stereocenters. The summed E-state index contributed by atoms with van der Waals surface area (Å²) >= 11 is 1.89. The molecule has 2 unspecified atom stereocenters. The lowest BCUT2D eigenvalue weighted by Gasteiger charge is -2.22. The summed E-state index contributed by atoms with van der Waals surface area (Å²) in [6.45, 7) is 4.48. The van der Waals surface area contributed by atoms with E-state index in [1.807, 2.05) is 11.8 Å². The second kappa shape index (κ2) is 6.91. The predicted octanol–water partition coefficient (Wildman–Crippen LogP) is 3.48. The van der Waals surface area contributed by atoms with Gasteiger partial charge in [-0.2, -0.15) is 11.8 Å². The van der Waals surface area contributed by atoms with Crippen LogP contribution in [0.5, 0.6) is 0 Å². The molecule has 0 radical (unpaired) electrons. The van der Waals surface area contributed by atoms with Gasteiger partial charge in [-0.1, -0.05) is 37.3 Å². The van der Waals surface area contributed by atoms with Crippen molar-refractivity contribution < 1.29 is 0 Å². The molecule has 0 aromatic heterocycles. The lowest BCUT2D eigenvalue weighted by atomic mass is 10.0. The third-order valence-electron chi connectivity index (χ3n) is 2.51. The van der Waals surface area contributed by atoms with E-state index in [9.17, 15) is 0 Å². The average Bonchev–Trinajstić information content (AvgIpc) is 2.27. The standard InChI is InChI=1S/C13H21NS/c1-4-13(14-11(2)10-15-3)12-8-6-5-7-9-12/h5-9,11,13-14H,4,10H2,1-3H3. The maximum atomic E-state index is 3.66. The fraction of sp³-hybridized carbons (Fsp3) is 0.538. The van der Waals surface area contributed by atoms with E-state index in [4.69, 9.17) is 0 Å². The zero-order chi connectivity index (χ0) is 11.1. The van der Waals surface area contributed by atoms with Crippen molar-refractivity contribution in [2.24, 2.45) is 0 Å². The first kappa shape index (κ1) is 12.6. The van der Waals surface area contributed by atoms with E-state index in [0.29, 0.717) is 12.1 Å². The van der Waals surface area contributed by atoms with Crippen molar-refractivity contribution in [3.63, 3.8) is 0 Å². The van der Waals surface area contributed by atoms with E-state index < -0.39 is 0 Å². The van der Waals surface area contributed by atoms with Gasteiger partial charge in [-0.25, -0.2) is 0 Å². The average molecular weight is 223 g/mol. The molecule has 0 heterocycles. The zero-order valence-electron chi connectivity index (χ0n) is 9.86. The van der Waals surface area contributed by atoms with E-state index in [2.05, 4.69) is 55.8 Å². The second-order valence-electron chi connectivity index (χ2n) is 3.89. The van der Waals surface area contributed by atoms with E-state index >= 15 is 0 Å². The van der Waals surface area contributed by atoms with Gasteiger partial charge in [0.05, 0.1) is 0 Å². The summed E-state index contributed by atoms with van der Waals surface area (Å²) in [5.41, 5.74) is 1.40. The third-order valence-corrected chi connectivity index (χ3v) is 3.35. The van der Waals surface area contributed by atoms with Crippen molar-refractivity contribution in [3.8, 4) is 0 Å². The van der Waals surface area contributed by atoms with Gasteiger partial charge in [0, 0.05) is 17.8 Å². The van der Waals surface area contributed by atoms with Crippen LogP contribution in [0.3, 0.4) is 0 Å². The molecule has 0 aliphatic heterocycles. The summed E-state index contributed by atoms with van der Waals surface area (Å²) in [6.07, 6.45) is 3.30. The molecule has 2 heteroatoms. The van der Waals surface area contributed by atoms with Gasteiger partial charge < -0.3 is 5.32 Å². The number of hydrogen-bond acceptors (Lipinski definition) is 2. The van der Waals surface area contributed by atoms with Crippen LogP contribution in [0, 0.1) is 0 Å². The van der Waals surface area contributed by atoms with Crippen LogP contribution in [-0.4, -0.2) is 18.1 Å². The molecule has 84 valence electrons. The Morgan fingerprint density at radius 1 is 1.27 bits per heavy atom. The Hall–Kier alpha value is -0.470. The molecule has 1 nitrogen and oxygen atoms in total. The Morgan fingerprint density at radius 3 is 2.47 bits per heavy atom. The van der Waals surface area contributed by atoms with Crippen LogP contribution < -0.4 is 5.32 Å². The Balaban J connectivity index is 2.56. The van der Waals surface area contributed by atoms with E-state index in [1.165, 1.54) is 11.3 Å². The number of benzene rings is 1. The Labute approximate surface area is 97.7 Å². The molecule has 0 aliphatic carbocycles. The van der Waals surface area contributed by atoms with Crippen LogP contribution >= 0.6 is 11.8 Å². The van der Waals surface area contributed by atoms with E-state index in [0.717, 1.165) is 6.42 Å². The number of hydrogen-bond donors (Lipinski definition) is 1. The number of thioether (sulfide) groups is 1. The quantitative estimate of drug-likeness (QED) is 0.792. The van der Waals surface area contributed by atoms with Gasteiger partial charge in [-0.15, -0.1) is 0 Å². The van der Waals surface area contributed by atoms with Crippen LogP contribution in [0.1, 0.15) is 31.9 Å². The number of nitrogens with one attached hydrogen (secondary N) is 1. The highest BCUT2D eigenvalue weighted by Crippen LogP contribution is 2.17. The van der Waals surface area contributed by atoms with E-state index in [1.54, 1.807) is 0 Å². The lowest BCUT2D eigenvalue weighted by molar-refractivity contribution is 0.470. The minimum atomic E-state index is 0.494. The fourth-order valence-corrected chi connectivity index (χ4v) is 2.37. The molecule has 0 saturated carbocycles. The van der Waals surface area contributed by atoms with Crippen molar-refractivity contribution in [1.82, 2.24) is 5.32 Å². The van der Waals surface area contributed by atoms with Crippen LogP contribution in [-0.2, 0) is 0 Å². The molecule has 0 fully saturated rings. The van der Waals surface area contributed by atoms with Gasteiger partial charge in [0.2, 0.25) is 0 Å². The van der Waals surface area contributed by atoms with Crippen LogP contribution in [0.2, 0.25) is 0 Å². The summed E-state index contributed by atoms with van der Waals surface area (Å²) in [6, 6.07) is 11.8. The fourth-order valence-electron chi connectivity index (χ4n) is 1.78. The van der Waals surface area contributed by atoms with Crippen molar-refractivity contribution in [1.29, 1.82) is 0 Å². The molecule has 15 heavy (non-hydrogen) atoms. The minimum absolute atomic E-state index is 0.494. The topological polar surface area (TPSA) is 12.0 Å². The maximum Gasteiger partial charge on any atom is 0.0320 e. The molecular weight excluding hydrogens is 202 g/mol. The van der Waals surface area contributed by atoms with E-state index in [-0.39, 0.29) is 0 Å². The zero-order valence-corrected chi connectivity index (χ0v) is 10.7. The third kappa shape index (κ3) is 4.27. The van der Waals surface area contributed by atoms with Crippen LogP contribution in [0.25, 0.3) is 0 Å². The Bertz CT molecular complexity index is 260. The van der Waals surface area contributed by atoms with Crippen molar-refractivity contribution in [3.05, 3.63) is 35.9 Å². The molecule has 1 aromatic carbocycles. The highest BCUT2D eigenvalue weighted by Gasteiger charge is 2.11. The summed E-state index contributed by atoms with van der Waals surface area (Å²) in [5, 5.41) is 3.66. The van der Waals surface area contributed by atoms with Crippen molar-refractivity contribution in [2.45, 2.75) is 32.4 Å². The number of rotatable bonds is 6. The second-order valence-corrected chi connectivity index (χ2v) is 4.81. The van der Waals surface area contributed by atoms with Gasteiger partial charge in [0.15, 0.2) is 0 Å². The molecular formula is C13H21NS. The van der Waals surface area contributed by atoms with Gasteiger partial charge in [-0.05, 0) is 25.2 Å². The monoisotopic (exact) mass is 223 g/mol. The molecule has 0 amide bonds. The van der Waals surface area contributed by atoms with Crippen LogP contribution in [0.4, 0.5) is 0 Å². The van der Waals surface area contributed by atoms with Gasteiger partial charge >= 0.3 is 0 Å². The normalized spacial score (nSPS) is 14.9. The molecule has 1 aromatic rings. The highest BCUT2D eigenvalue weighted by molar-refractivity contribution is 7.98. The first-order valence-electron chi connectivity index (χ1n) is 5.57. The van der Waals surface area contributed by atoms with Crippen molar-refractivity contribution >= 4 is 11.8 Å². The van der Waals surface area contributed by atoms with Gasteiger partial charge in [-0.3, -0.25) is 0 Å². The summed E-state index contributed by atoms with van der Waals surface area (Å²) in [7, 11) is 0. The molecule has 0 bridgehead atoms. The minimum Gasteiger partial charge on any atom is -0.307 e. The van der Waals surface area contributed by atoms with Gasteiger partial charge in [0.1, 0.15) is 0 Å². The van der Waals surface area contributed by atoms with Crippen LogP contribution in [0.15, 0.2) is 30.3 Å². The Morgan fingerprint density at radius 2 is 1.93 bits per heavy atom.